The molecule has 0 spiro atoms. The number of para-hydroxylation sites is 3. The Hall–Kier alpha value is -7.47. The minimum absolute atomic E-state index is 0.676. The summed E-state index contributed by atoms with van der Waals surface area (Å²) < 4.78 is 4.85. The fourth-order valence-electron chi connectivity index (χ4n) is 9.20. The van der Waals surface area contributed by atoms with Crippen molar-refractivity contribution in [2.24, 2.45) is 9.98 Å². The van der Waals surface area contributed by atoms with Crippen molar-refractivity contribution < 1.29 is 0 Å². The summed E-state index contributed by atoms with van der Waals surface area (Å²) in [5, 5.41) is 8.42. The third-order valence-corrected chi connectivity index (χ3v) is 13.1. The van der Waals surface area contributed by atoms with Crippen LogP contribution in [0.2, 0.25) is 0 Å². The van der Waals surface area contributed by atoms with Crippen LogP contribution >= 0.6 is 11.3 Å². The summed E-state index contributed by atoms with van der Waals surface area (Å²) in [5.41, 5.74) is 12.9. The van der Waals surface area contributed by atoms with Crippen molar-refractivity contribution in [3.63, 3.8) is 0 Å². The van der Waals surface area contributed by atoms with Gasteiger partial charge in [-0.05, 0) is 78.7 Å². The van der Waals surface area contributed by atoms with Crippen LogP contribution in [0, 0.1) is 0 Å². The van der Waals surface area contributed by atoms with Gasteiger partial charge in [0, 0.05) is 75.9 Å². The van der Waals surface area contributed by atoms with Crippen LogP contribution in [0.1, 0.15) is 30.0 Å². The number of amidine groups is 1. The van der Waals surface area contributed by atoms with Crippen LogP contribution in [0.4, 0.5) is 0 Å². The highest BCUT2D eigenvalue weighted by Gasteiger charge is 2.22. The highest BCUT2D eigenvalue weighted by molar-refractivity contribution is 7.26. The van der Waals surface area contributed by atoms with Crippen LogP contribution in [0.15, 0.2) is 204 Å². The number of allylic oxidation sites excluding steroid dienone is 1. The standard InChI is InChI=1S/C55H36N4S/c1-34-31-46(37-25-28-48-43(32-37)40-21-12-14-24-47(40)59(48)39-19-9-4-10-20-39)57-55(58-53(34)35-15-5-2-6-16-35)38-26-29-49-44(33-38)52-50(60-49)30-27-42-51(52)41-22-11-13-23-45(41)56-54(42)36-17-7-3-8-18-36/h2-30,32-33H,31H2,1H3. The largest absolute Gasteiger partial charge is 0.309 e. The van der Waals surface area contributed by atoms with Crippen molar-refractivity contribution in [1.82, 2.24) is 9.55 Å². The van der Waals surface area contributed by atoms with E-state index in [-0.39, 0.29) is 0 Å². The molecule has 8 aromatic carbocycles. The zero-order valence-corrected chi connectivity index (χ0v) is 33.6. The highest BCUT2D eigenvalue weighted by Crippen LogP contribution is 2.44. The first-order chi connectivity index (χ1) is 29.7. The number of rotatable bonds is 5. The fraction of sp³-hybridized carbons (Fsp3) is 0.0364. The maximum atomic E-state index is 5.54. The monoisotopic (exact) mass is 784 g/mol. The Morgan fingerprint density at radius 3 is 1.93 bits per heavy atom. The molecule has 0 unspecified atom stereocenters. The van der Waals surface area contributed by atoms with Crippen molar-refractivity contribution in [3.05, 3.63) is 210 Å². The van der Waals surface area contributed by atoms with E-state index >= 15 is 0 Å². The molecule has 0 amide bonds. The predicted molar refractivity (Wildman–Crippen MR) is 255 cm³/mol. The van der Waals surface area contributed by atoms with Crippen molar-refractivity contribution in [2.75, 3.05) is 0 Å². The molecule has 282 valence electrons. The van der Waals surface area contributed by atoms with E-state index in [1.54, 1.807) is 0 Å². The lowest BCUT2D eigenvalue weighted by atomic mass is 9.96. The number of aliphatic imine (C=N–C) groups is 2. The third kappa shape index (κ3) is 5.54. The molecule has 1 aliphatic heterocycles. The summed E-state index contributed by atoms with van der Waals surface area (Å²) >= 11 is 1.84. The van der Waals surface area contributed by atoms with E-state index in [0.29, 0.717) is 12.3 Å². The second kappa shape index (κ2) is 13.8. The molecule has 0 radical (unpaired) electrons. The molecule has 1 aliphatic rings. The Labute approximate surface area is 350 Å². The van der Waals surface area contributed by atoms with Crippen molar-refractivity contribution in [2.45, 2.75) is 13.3 Å². The van der Waals surface area contributed by atoms with Gasteiger partial charge in [-0.2, -0.15) is 0 Å². The zero-order chi connectivity index (χ0) is 39.7. The van der Waals surface area contributed by atoms with Gasteiger partial charge in [-0.25, -0.2) is 15.0 Å². The number of hydrogen-bond acceptors (Lipinski definition) is 4. The zero-order valence-electron chi connectivity index (χ0n) is 32.8. The molecule has 3 aromatic heterocycles. The summed E-state index contributed by atoms with van der Waals surface area (Å²) in [6.07, 6.45) is 0.676. The number of aromatic nitrogens is 2. The van der Waals surface area contributed by atoms with Gasteiger partial charge < -0.3 is 4.57 Å². The second-order valence-electron chi connectivity index (χ2n) is 15.6. The maximum absolute atomic E-state index is 5.54. The van der Waals surface area contributed by atoms with Crippen LogP contribution in [0.5, 0.6) is 0 Å². The predicted octanol–water partition coefficient (Wildman–Crippen LogP) is 14.6. The van der Waals surface area contributed by atoms with Crippen molar-refractivity contribution in [1.29, 1.82) is 0 Å². The lowest BCUT2D eigenvalue weighted by molar-refractivity contribution is 1.18. The third-order valence-electron chi connectivity index (χ3n) is 12.0. The molecule has 0 bridgehead atoms. The summed E-state index contributed by atoms with van der Waals surface area (Å²) in [6.45, 7) is 2.20. The van der Waals surface area contributed by atoms with Crippen LogP contribution in [-0.4, -0.2) is 21.1 Å². The van der Waals surface area contributed by atoms with Gasteiger partial charge in [0.25, 0.3) is 0 Å². The molecule has 60 heavy (non-hydrogen) atoms. The molecule has 4 nitrogen and oxygen atoms in total. The van der Waals surface area contributed by atoms with Gasteiger partial charge in [0.15, 0.2) is 5.84 Å². The first-order valence-electron chi connectivity index (χ1n) is 20.4. The van der Waals surface area contributed by atoms with Gasteiger partial charge in [-0.1, -0.05) is 127 Å². The summed E-state index contributed by atoms with van der Waals surface area (Å²) in [5.74, 6) is 0.713. The number of fused-ring (bicyclic) bond motifs is 10. The lowest BCUT2D eigenvalue weighted by Gasteiger charge is -2.12. The fourth-order valence-corrected chi connectivity index (χ4v) is 10.3. The Balaban J connectivity index is 1.08. The molecule has 0 fully saturated rings. The smallest absolute Gasteiger partial charge is 0.160 e. The van der Waals surface area contributed by atoms with Gasteiger partial charge in [0.05, 0.1) is 33.7 Å². The first kappa shape index (κ1) is 34.6. The van der Waals surface area contributed by atoms with Crippen molar-refractivity contribution in [3.8, 4) is 16.9 Å². The molecule has 0 N–H and O–H groups in total. The maximum Gasteiger partial charge on any atom is 0.160 e. The number of nitrogens with zero attached hydrogens (tertiary/aromatic N) is 4. The number of thiophene rings is 1. The summed E-state index contributed by atoms with van der Waals surface area (Å²) in [7, 11) is 0. The van der Waals surface area contributed by atoms with E-state index < -0.39 is 0 Å². The number of benzene rings is 8. The molecule has 11 aromatic rings. The van der Waals surface area contributed by atoms with Crippen LogP contribution < -0.4 is 0 Å². The van der Waals surface area contributed by atoms with E-state index in [1.807, 2.05) is 11.3 Å². The summed E-state index contributed by atoms with van der Waals surface area (Å²) in [4.78, 5) is 16.2. The highest BCUT2D eigenvalue weighted by atomic mass is 32.1. The SMILES string of the molecule is CC1=C(c2ccccc2)N=C(c2ccc3sc4ccc5c(-c6ccccc6)nc6ccccc6c5c4c3c2)N=C(c2ccc3c(c2)c2ccccc2n3-c2ccccc2)C1. The van der Waals surface area contributed by atoms with Crippen LogP contribution in [0.3, 0.4) is 0 Å². The van der Waals surface area contributed by atoms with E-state index in [1.165, 1.54) is 52.9 Å². The molecule has 0 atom stereocenters. The second-order valence-corrected chi connectivity index (χ2v) is 16.7. The van der Waals surface area contributed by atoms with E-state index in [0.717, 1.165) is 61.3 Å². The first-order valence-corrected chi connectivity index (χ1v) is 21.2. The Kier molecular flexibility index (Phi) is 7.97. The number of pyridine rings is 1. The molecule has 0 saturated heterocycles. The lowest BCUT2D eigenvalue weighted by Crippen LogP contribution is -2.06. The minimum atomic E-state index is 0.676. The Morgan fingerprint density at radius 1 is 0.467 bits per heavy atom. The Bertz CT molecular complexity index is 3610. The van der Waals surface area contributed by atoms with E-state index in [9.17, 15) is 0 Å². The number of hydrogen-bond donors (Lipinski definition) is 0. The molecule has 0 aliphatic carbocycles. The summed E-state index contributed by atoms with van der Waals surface area (Å²) in [6, 6.07) is 67.1. The average Bonchev–Trinajstić information content (AvgIpc) is 3.79. The molecule has 4 heterocycles. The van der Waals surface area contributed by atoms with Gasteiger partial charge >= 0.3 is 0 Å². The van der Waals surface area contributed by atoms with Gasteiger partial charge in [0.1, 0.15) is 0 Å². The minimum Gasteiger partial charge on any atom is -0.309 e. The van der Waals surface area contributed by atoms with Gasteiger partial charge in [0.2, 0.25) is 0 Å². The molecular formula is C55H36N4S. The molecule has 12 rings (SSSR count). The Morgan fingerprint density at radius 2 is 1.12 bits per heavy atom. The van der Waals surface area contributed by atoms with E-state index in [2.05, 4.69) is 200 Å². The quantitative estimate of drug-likeness (QED) is 0.160. The topological polar surface area (TPSA) is 42.5 Å². The molecular weight excluding hydrogens is 749 g/mol. The molecule has 5 heteroatoms. The van der Waals surface area contributed by atoms with Gasteiger partial charge in [-0.15, -0.1) is 11.3 Å². The van der Waals surface area contributed by atoms with Crippen molar-refractivity contribution >= 4 is 92.2 Å². The average molecular weight is 785 g/mol. The van der Waals surface area contributed by atoms with Crippen LogP contribution in [0.25, 0.3) is 86.3 Å². The molecule has 0 saturated carbocycles. The van der Waals surface area contributed by atoms with Gasteiger partial charge in [-0.3, -0.25) is 0 Å². The normalized spacial score (nSPS) is 13.5. The van der Waals surface area contributed by atoms with Crippen LogP contribution in [-0.2, 0) is 0 Å². The van der Waals surface area contributed by atoms with E-state index in [4.69, 9.17) is 15.0 Å².